The van der Waals surface area contributed by atoms with Crippen LogP contribution in [0.4, 0.5) is 4.39 Å². The summed E-state index contributed by atoms with van der Waals surface area (Å²) in [5, 5.41) is 6.68. The second kappa shape index (κ2) is 9.73. The van der Waals surface area contributed by atoms with E-state index in [0.29, 0.717) is 18.0 Å². The standard InChI is InChI=1S/C19H32FN5/c1-15(14-25-9-7-24(4)8-10-25)12-22-19(21-3)23-13-17-5-6-18(20)16(2)11-17/h5-6,11,15H,7-10,12-14H2,1-4H3,(H2,21,22,23). The van der Waals surface area contributed by atoms with Crippen LogP contribution in [0.5, 0.6) is 0 Å². The largest absolute Gasteiger partial charge is 0.356 e. The lowest BCUT2D eigenvalue weighted by atomic mass is 10.1. The molecule has 1 atom stereocenters. The maximum atomic E-state index is 13.3. The third-order valence-electron chi connectivity index (χ3n) is 4.69. The number of nitrogens with one attached hydrogen (secondary N) is 2. The molecule has 1 aromatic carbocycles. The van der Waals surface area contributed by atoms with E-state index >= 15 is 0 Å². The number of likely N-dealkylation sites (N-methyl/N-ethyl adjacent to an activating group) is 1. The van der Waals surface area contributed by atoms with E-state index in [9.17, 15) is 4.39 Å². The van der Waals surface area contributed by atoms with Crippen molar-refractivity contribution in [2.24, 2.45) is 10.9 Å². The van der Waals surface area contributed by atoms with Crippen LogP contribution in [0.25, 0.3) is 0 Å². The highest BCUT2D eigenvalue weighted by molar-refractivity contribution is 5.79. The van der Waals surface area contributed by atoms with Crippen LogP contribution in [-0.2, 0) is 6.54 Å². The summed E-state index contributed by atoms with van der Waals surface area (Å²) >= 11 is 0. The van der Waals surface area contributed by atoms with Gasteiger partial charge in [-0.2, -0.15) is 0 Å². The van der Waals surface area contributed by atoms with Crippen LogP contribution in [0, 0.1) is 18.7 Å². The van der Waals surface area contributed by atoms with Crippen molar-refractivity contribution in [3.63, 3.8) is 0 Å². The van der Waals surface area contributed by atoms with Crippen LogP contribution in [0.2, 0.25) is 0 Å². The third-order valence-corrected chi connectivity index (χ3v) is 4.69. The summed E-state index contributed by atoms with van der Waals surface area (Å²) in [6, 6.07) is 5.19. The Morgan fingerprint density at radius 3 is 2.60 bits per heavy atom. The predicted octanol–water partition coefficient (Wildman–Crippen LogP) is 1.68. The van der Waals surface area contributed by atoms with E-state index in [1.165, 1.54) is 6.07 Å². The van der Waals surface area contributed by atoms with E-state index < -0.39 is 0 Å². The van der Waals surface area contributed by atoms with Gasteiger partial charge in [-0.05, 0) is 37.1 Å². The van der Waals surface area contributed by atoms with Crippen LogP contribution in [-0.4, -0.2) is 69.1 Å². The summed E-state index contributed by atoms with van der Waals surface area (Å²) < 4.78 is 13.3. The van der Waals surface area contributed by atoms with Gasteiger partial charge in [-0.3, -0.25) is 4.99 Å². The molecule has 1 aliphatic rings. The number of piperazine rings is 1. The number of aryl methyl sites for hydroxylation is 1. The minimum absolute atomic E-state index is 0.163. The Kier molecular flexibility index (Phi) is 7.65. The lowest BCUT2D eigenvalue weighted by Crippen LogP contribution is -2.47. The zero-order chi connectivity index (χ0) is 18.2. The summed E-state index contributed by atoms with van der Waals surface area (Å²) in [6.45, 7) is 11.3. The van der Waals surface area contributed by atoms with E-state index in [2.05, 4.69) is 39.4 Å². The monoisotopic (exact) mass is 349 g/mol. The topological polar surface area (TPSA) is 42.9 Å². The fraction of sp³-hybridized carbons (Fsp3) is 0.632. The number of rotatable bonds is 6. The molecule has 1 unspecified atom stereocenters. The first-order valence-electron chi connectivity index (χ1n) is 9.08. The summed E-state index contributed by atoms with van der Waals surface area (Å²) in [7, 11) is 3.96. The van der Waals surface area contributed by atoms with Gasteiger partial charge >= 0.3 is 0 Å². The van der Waals surface area contributed by atoms with Gasteiger partial charge in [0, 0.05) is 52.9 Å². The van der Waals surface area contributed by atoms with Crippen molar-refractivity contribution in [1.82, 2.24) is 20.4 Å². The Morgan fingerprint density at radius 1 is 1.24 bits per heavy atom. The molecular formula is C19H32FN5. The minimum atomic E-state index is -0.163. The van der Waals surface area contributed by atoms with Crippen LogP contribution >= 0.6 is 0 Å². The zero-order valence-electron chi connectivity index (χ0n) is 16.0. The lowest BCUT2D eigenvalue weighted by Gasteiger charge is -2.34. The smallest absolute Gasteiger partial charge is 0.191 e. The number of aliphatic imine (C=N–C) groups is 1. The van der Waals surface area contributed by atoms with Gasteiger partial charge in [0.15, 0.2) is 5.96 Å². The van der Waals surface area contributed by atoms with E-state index in [1.54, 1.807) is 20.0 Å². The average molecular weight is 349 g/mol. The molecule has 1 heterocycles. The van der Waals surface area contributed by atoms with Crippen LogP contribution < -0.4 is 10.6 Å². The maximum absolute atomic E-state index is 13.3. The van der Waals surface area contributed by atoms with E-state index in [4.69, 9.17) is 0 Å². The van der Waals surface area contributed by atoms with Gasteiger partial charge in [-0.25, -0.2) is 4.39 Å². The number of halogens is 1. The van der Waals surface area contributed by atoms with Gasteiger partial charge in [-0.15, -0.1) is 0 Å². The SMILES string of the molecule is CN=C(NCc1ccc(F)c(C)c1)NCC(C)CN1CCN(C)CC1. The normalized spacial score (nSPS) is 18.2. The second-order valence-corrected chi connectivity index (χ2v) is 7.10. The molecule has 0 spiro atoms. The number of hydrogen-bond donors (Lipinski definition) is 2. The van der Waals surface area contributed by atoms with Gasteiger partial charge in [0.1, 0.15) is 5.82 Å². The Hall–Kier alpha value is -1.66. The van der Waals surface area contributed by atoms with Crippen LogP contribution in [0.1, 0.15) is 18.1 Å². The van der Waals surface area contributed by atoms with Crippen LogP contribution in [0.15, 0.2) is 23.2 Å². The molecule has 0 bridgehead atoms. The molecule has 140 valence electrons. The molecule has 1 aromatic rings. The van der Waals surface area contributed by atoms with Gasteiger partial charge in [0.25, 0.3) is 0 Å². The Labute approximate surface area is 151 Å². The Balaban J connectivity index is 1.71. The van der Waals surface area contributed by atoms with Crippen molar-refractivity contribution in [3.8, 4) is 0 Å². The molecule has 0 aromatic heterocycles. The zero-order valence-corrected chi connectivity index (χ0v) is 16.0. The Bertz CT molecular complexity index is 567. The predicted molar refractivity (Wildman–Crippen MR) is 102 cm³/mol. The van der Waals surface area contributed by atoms with Gasteiger partial charge in [0.05, 0.1) is 0 Å². The van der Waals surface area contributed by atoms with Crippen molar-refractivity contribution < 1.29 is 4.39 Å². The summed E-state index contributed by atoms with van der Waals surface area (Å²) in [6.07, 6.45) is 0. The molecule has 0 saturated carbocycles. The highest BCUT2D eigenvalue weighted by Gasteiger charge is 2.16. The minimum Gasteiger partial charge on any atom is -0.356 e. The van der Waals surface area contributed by atoms with Crippen LogP contribution in [0.3, 0.4) is 0 Å². The average Bonchev–Trinajstić information content (AvgIpc) is 2.60. The first-order valence-corrected chi connectivity index (χ1v) is 9.08. The number of hydrogen-bond acceptors (Lipinski definition) is 3. The molecule has 0 amide bonds. The molecular weight excluding hydrogens is 317 g/mol. The summed E-state index contributed by atoms with van der Waals surface area (Å²) in [5.74, 6) is 1.17. The second-order valence-electron chi connectivity index (χ2n) is 7.10. The highest BCUT2D eigenvalue weighted by atomic mass is 19.1. The molecule has 0 aliphatic carbocycles. The summed E-state index contributed by atoms with van der Waals surface area (Å²) in [5.41, 5.74) is 1.72. The van der Waals surface area contributed by atoms with Crippen molar-refractivity contribution in [1.29, 1.82) is 0 Å². The van der Waals surface area contributed by atoms with Crippen molar-refractivity contribution in [2.45, 2.75) is 20.4 Å². The molecule has 0 radical (unpaired) electrons. The van der Waals surface area contributed by atoms with Gasteiger partial charge in [-0.1, -0.05) is 19.1 Å². The molecule has 2 rings (SSSR count). The van der Waals surface area contributed by atoms with Crippen molar-refractivity contribution >= 4 is 5.96 Å². The number of benzene rings is 1. The molecule has 1 saturated heterocycles. The fourth-order valence-electron chi connectivity index (χ4n) is 3.03. The molecule has 2 N–H and O–H groups in total. The molecule has 1 fully saturated rings. The van der Waals surface area contributed by atoms with Gasteiger partial charge in [0.2, 0.25) is 0 Å². The fourth-order valence-corrected chi connectivity index (χ4v) is 3.03. The van der Waals surface area contributed by atoms with E-state index in [0.717, 1.165) is 50.8 Å². The van der Waals surface area contributed by atoms with E-state index in [-0.39, 0.29) is 5.82 Å². The van der Waals surface area contributed by atoms with E-state index in [1.807, 2.05) is 6.07 Å². The first-order chi connectivity index (χ1) is 12.0. The van der Waals surface area contributed by atoms with Gasteiger partial charge < -0.3 is 20.4 Å². The quantitative estimate of drug-likeness (QED) is 0.606. The molecule has 5 nitrogen and oxygen atoms in total. The van der Waals surface area contributed by atoms with Crippen molar-refractivity contribution in [2.75, 3.05) is 53.4 Å². The first kappa shape index (κ1) is 19.7. The number of nitrogens with zero attached hydrogens (tertiary/aromatic N) is 3. The number of guanidine groups is 1. The molecule has 6 heteroatoms. The Morgan fingerprint density at radius 2 is 1.96 bits per heavy atom. The molecule has 1 aliphatic heterocycles. The third kappa shape index (κ3) is 6.63. The highest BCUT2D eigenvalue weighted by Crippen LogP contribution is 2.09. The van der Waals surface area contributed by atoms with Crippen molar-refractivity contribution in [3.05, 3.63) is 35.1 Å². The molecule has 25 heavy (non-hydrogen) atoms. The lowest BCUT2D eigenvalue weighted by molar-refractivity contribution is 0.139. The maximum Gasteiger partial charge on any atom is 0.191 e. The summed E-state index contributed by atoms with van der Waals surface area (Å²) in [4.78, 5) is 9.18.